The molecule has 2 aliphatic rings. The Hall–Kier alpha value is -3.88. The summed E-state index contributed by atoms with van der Waals surface area (Å²) < 4.78 is 11.0. The van der Waals surface area contributed by atoms with Gasteiger partial charge in [-0.3, -0.25) is 15.0 Å². The summed E-state index contributed by atoms with van der Waals surface area (Å²) in [4.78, 5) is 50.2. The number of hydrogen-bond donors (Lipinski definition) is 2. The maximum absolute atomic E-state index is 12.9. The van der Waals surface area contributed by atoms with Gasteiger partial charge in [0.25, 0.3) is 11.8 Å². The van der Waals surface area contributed by atoms with Gasteiger partial charge in [-0.1, -0.05) is 43.3 Å². The van der Waals surface area contributed by atoms with E-state index in [1.165, 1.54) is 0 Å². The Bertz CT molecular complexity index is 1340. The van der Waals surface area contributed by atoms with Crippen molar-refractivity contribution in [3.05, 3.63) is 47.7 Å². The van der Waals surface area contributed by atoms with Crippen molar-refractivity contribution < 1.29 is 28.3 Å². The molecule has 2 N–H and O–H groups in total. The Morgan fingerprint density at radius 1 is 1.15 bits per heavy atom. The topological polar surface area (TPSA) is 118 Å². The fourth-order valence-corrected chi connectivity index (χ4v) is 4.81. The zero-order valence-corrected chi connectivity index (χ0v) is 19.0. The summed E-state index contributed by atoms with van der Waals surface area (Å²) in [6, 6.07) is 10.8. The SMILES string of the molecule is Cc1c(C(=O)OCC(=O)NN2C(=O)NC3(CCC(C)CC3)C2=O)oc2c1ccc1ccccc12. The van der Waals surface area contributed by atoms with Crippen LogP contribution in [-0.4, -0.2) is 41.0 Å². The number of carbonyl (C=O) groups is 4. The first-order valence-corrected chi connectivity index (χ1v) is 11.3. The Labute approximate surface area is 195 Å². The summed E-state index contributed by atoms with van der Waals surface area (Å²) in [5.41, 5.74) is 2.46. The van der Waals surface area contributed by atoms with E-state index in [4.69, 9.17) is 9.15 Å². The van der Waals surface area contributed by atoms with Crippen molar-refractivity contribution >= 4 is 45.6 Å². The van der Waals surface area contributed by atoms with Crippen LogP contribution in [0.4, 0.5) is 4.79 Å². The molecular weight excluding hydrogens is 438 g/mol. The maximum atomic E-state index is 12.9. The van der Waals surface area contributed by atoms with Crippen LogP contribution < -0.4 is 10.7 Å². The van der Waals surface area contributed by atoms with Gasteiger partial charge in [-0.25, -0.2) is 9.59 Å². The highest BCUT2D eigenvalue weighted by Gasteiger charge is 2.52. The van der Waals surface area contributed by atoms with Gasteiger partial charge in [-0.05, 0) is 43.9 Å². The molecule has 3 aromatic rings. The molecular formula is C25H25N3O6. The number of imide groups is 1. The van der Waals surface area contributed by atoms with Gasteiger partial charge < -0.3 is 14.5 Å². The molecule has 1 spiro atoms. The minimum absolute atomic E-state index is 0.00410. The summed E-state index contributed by atoms with van der Waals surface area (Å²) in [6.45, 7) is 3.18. The first-order chi connectivity index (χ1) is 16.3. The van der Waals surface area contributed by atoms with Crippen LogP contribution in [-0.2, 0) is 14.3 Å². The van der Waals surface area contributed by atoms with E-state index in [1.807, 2.05) is 36.4 Å². The minimum Gasteiger partial charge on any atom is -0.450 e. The Balaban J connectivity index is 1.25. The Morgan fingerprint density at radius 2 is 1.88 bits per heavy atom. The van der Waals surface area contributed by atoms with Crippen molar-refractivity contribution in [2.45, 2.75) is 45.1 Å². The molecule has 0 unspecified atom stereocenters. The molecule has 34 heavy (non-hydrogen) atoms. The summed E-state index contributed by atoms with van der Waals surface area (Å²) in [5.74, 6) is -1.59. The van der Waals surface area contributed by atoms with E-state index in [0.717, 1.165) is 29.0 Å². The highest BCUT2D eigenvalue weighted by molar-refractivity contribution is 6.09. The fourth-order valence-electron chi connectivity index (χ4n) is 4.81. The van der Waals surface area contributed by atoms with E-state index in [2.05, 4.69) is 17.7 Å². The summed E-state index contributed by atoms with van der Waals surface area (Å²) >= 11 is 0. The van der Waals surface area contributed by atoms with Crippen LogP contribution in [0.2, 0.25) is 0 Å². The number of aryl methyl sites for hydroxylation is 1. The van der Waals surface area contributed by atoms with Gasteiger partial charge in [0.2, 0.25) is 5.76 Å². The number of amides is 4. The van der Waals surface area contributed by atoms with Crippen LogP contribution in [0, 0.1) is 12.8 Å². The molecule has 0 bridgehead atoms. The second-order valence-corrected chi connectivity index (χ2v) is 9.17. The molecule has 4 amide bonds. The lowest BCUT2D eigenvalue weighted by atomic mass is 9.77. The van der Waals surface area contributed by atoms with Crippen molar-refractivity contribution in [3.8, 4) is 0 Å². The van der Waals surface area contributed by atoms with Gasteiger partial charge in [-0.15, -0.1) is 0 Å². The van der Waals surface area contributed by atoms with Gasteiger partial charge in [0.15, 0.2) is 6.61 Å². The lowest BCUT2D eigenvalue weighted by Gasteiger charge is -2.33. The van der Waals surface area contributed by atoms with Crippen LogP contribution in [0.3, 0.4) is 0 Å². The number of esters is 1. The third kappa shape index (κ3) is 3.57. The van der Waals surface area contributed by atoms with Crippen LogP contribution in [0.1, 0.15) is 48.7 Å². The number of carbonyl (C=O) groups excluding carboxylic acids is 4. The second kappa shape index (κ2) is 8.16. The lowest BCUT2D eigenvalue weighted by molar-refractivity contribution is -0.141. The first kappa shape index (κ1) is 21.9. The fraction of sp³-hybridized carbons (Fsp3) is 0.360. The van der Waals surface area contributed by atoms with Crippen LogP contribution in [0.25, 0.3) is 21.7 Å². The molecule has 9 nitrogen and oxygen atoms in total. The number of fused-ring (bicyclic) bond motifs is 3. The average Bonchev–Trinajstić information content (AvgIpc) is 3.29. The molecule has 1 aromatic heterocycles. The smallest absolute Gasteiger partial charge is 0.375 e. The molecule has 1 saturated heterocycles. The largest absolute Gasteiger partial charge is 0.450 e. The van der Waals surface area contributed by atoms with Crippen molar-refractivity contribution in [2.24, 2.45) is 5.92 Å². The maximum Gasteiger partial charge on any atom is 0.375 e. The number of ether oxygens (including phenoxy) is 1. The molecule has 0 radical (unpaired) electrons. The number of furan rings is 1. The molecule has 176 valence electrons. The van der Waals surface area contributed by atoms with Crippen molar-refractivity contribution in [2.75, 3.05) is 6.61 Å². The molecule has 0 atom stereocenters. The molecule has 9 heteroatoms. The molecule has 5 rings (SSSR count). The van der Waals surface area contributed by atoms with E-state index in [1.54, 1.807) is 6.92 Å². The van der Waals surface area contributed by atoms with Crippen LogP contribution >= 0.6 is 0 Å². The molecule has 1 saturated carbocycles. The highest BCUT2D eigenvalue weighted by Crippen LogP contribution is 2.36. The summed E-state index contributed by atoms with van der Waals surface area (Å²) in [7, 11) is 0. The number of benzene rings is 2. The predicted octanol–water partition coefficient (Wildman–Crippen LogP) is 3.58. The number of hydrazine groups is 1. The van der Waals surface area contributed by atoms with Crippen molar-refractivity contribution in [1.82, 2.24) is 15.8 Å². The highest BCUT2D eigenvalue weighted by atomic mass is 16.5. The van der Waals surface area contributed by atoms with Crippen LogP contribution in [0.15, 0.2) is 40.8 Å². The van der Waals surface area contributed by atoms with Gasteiger partial charge in [0.1, 0.15) is 11.1 Å². The molecule has 1 aliphatic heterocycles. The average molecular weight is 463 g/mol. The van der Waals surface area contributed by atoms with Crippen LogP contribution in [0.5, 0.6) is 0 Å². The van der Waals surface area contributed by atoms with Gasteiger partial charge in [0.05, 0.1) is 0 Å². The van der Waals surface area contributed by atoms with Crippen molar-refractivity contribution in [1.29, 1.82) is 0 Å². The Morgan fingerprint density at radius 3 is 2.65 bits per heavy atom. The number of hydrogen-bond acceptors (Lipinski definition) is 6. The number of rotatable bonds is 4. The van der Waals surface area contributed by atoms with E-state index in [-0.39, 0.29) is 5.76 Å². The predicted molar refractivity (Wildman–Crippen MR) is 123 cm³/mol. The Kier molecular flexibility index (Phi) is 5.27. The second-order valence-electron chi connectivity index (χ2n) is 9.17. The van der Waals surface area contributed by atoms with E-state index >= 15 is 0 Å². The third-order valence-corrected chi connectivity index (χ3v) is 6.87. The molecule has 1 aliphatic carbocycles. The normalized spacial score (nSPS) is 22.4. The van der Waals surface area contributed by atoms with Crippen molar-refractivity contribution in [3.63, 3.8) is 0 Å². The molecule has 2 heterocycles. The van der Waals surface area contributed by atoms with E-state index in [9.17, 15) is 19.2 Å². The lowest BCUT2D eigenvalue weighted by Crippen LogP contribution is -2.52. The zero-order chi connectivity index (χ0) is 24.0. The number of nitrogens with zero attached hydrogens (tertiary/aromatic N) is 1. The van der Waals surface area contributed by atoms with E-state index < -0.39 is 36.0 Å². The number of nitrogens with one attached hydrogen (secondary N) is 2. The van der Waals surface area contributed by atoms with Gasteiger partial charge in [-0.2, -0.15) is 5.01 Å². The minimum atomic E-state index is -0.971. The molecule has 2 aromatic carbocycles. The monoisotopic (exact) mass is 463 g/mol. The standard InChI is InChI=1S/C25H25N3O6/c1-14-9-11-25(12-10-14)23(31)28(24(32)26-25)27-19(29)13-33-22(30)20-15(2)17-8-7-16-5-3-4-6-18(16)21(17)34-20/h3-8,14H,9-13H2,1-2H3,(H,26,32)(H,27,29). The third-order valence-electron chi connectivity index (χ3n) is 6.87. The zero-order valence-electron chi connectivity index (χ0n) is 19.0. The quantitative estimate of drug-likeness (QED) is 0.451. The first-order valence-electron chi connectivity index (χ1n) is 11.3. The molecule has 2 fully saturated rings. The van der Waals surface area contributed by atoms with E-state index in [0.29, 0.717) is 34.9 Å². The summed E-state index contributed by atoms with van der Waals surface area (Å²) in [6.07, 6.45) is 2.69. The summed E-state index contributed by atoms with van der Waals surface area (Å²) in [5, 5.41) is 6.03. The van der Waals surface area contributed by atoms with Gasteiger partial charge >= 0.3 is 12.0 Å². The van der Waals surface area contributed by atoms with Gasteiger partial charge in [0, 0.05) is 16.3 Å². The number of urea groups is 1.